The minimum Gasteiger partial charge on any atom is -0.508 e. The van der Waals surface area contributed by atoms with Crippen LogP contribution >= 0.6 is 0 Å². The maximum Gasteiger partial charge on any atom is 0.308 e. The molecule has 0 amide bonds. The Morgan fingerprint density at radius 2 is 2.00 bits per heavy atom. The molecule has 3 atom stereocenters. The van der Waals surface area contributed by atoms with Gasteiger partial charge < -0.3 is 10.2 Å². The Morgan fingerprint density at radius 1 is 1.37 bits per heavy atom. The Morgan fingerprint density at radius 3 is 2.53 bits per heavy atom. The van der Waals surface area contributed by atoms with Crippen molar-refractivity contribution in [3.63, 3.8) is 0 Å². The molecule has 0 spiro atoms. The van der Waals surface area contributed by atoms with Crippen LogP contribution in [0.4, 0.5) is 0 Å². The molecule has 4 heteroatoms. The topological polar surface area (TPSA) is 60.8 Å². The summed E-state index contributed by atoms with van der Waals surface area (Å²) in [5, 5.41) is 18.4. The van der Waals surface area contributed by atoms with E-state index >= 15 is 0 Å². The number of carbonyl (C=O) groups is 1. The van der Waals surface area contributed by atoms with Gasteiger partial charge in [0.05, 0.1) is 5.92 Å². The lowest BCUT2D eigenvalue weighted by molar-refractivity contribution is -0.142. The molecule has 19 heavy (non-hydrogen) atoms. The van der Waals surface area contributed by atoms with E-state index in [1.807, 2.05) is 19.1 Å². The first-order chi connectivity index (χ1) is 8.97. The second-order valence-corrected chi connectivity index (χ2v) is 5.60. The summed E-state index contributed by atoms with van der Waals surface area (Å²) < 4.78 is 0. The highest BCUT2D eigenvalue weighted by Gasteiger charge is 2.36. The average Bonchev–Trinajstić information content (AvgIpc) is 2.74. The minimum atomic E-state index is -0.688. The highest BCUT2D eigenvalue weighted by molar-refractivity contribution is 5.71. The molecule has 1 aliphatic heterocycles. The lowest BCUT2D eigenvalue weighted by Gasteiger charge is -2.24. The van der Waals surface area contributed by atoms with Gasteiger partial charge in [-0.15, -0.1) is 0 Å². The maximum atomic E-state index is 11.1. The van der Waals surface area contributed by atoms with E-state index in [0.717, 1.165) is 18.5 Å². The third-order valence-corrected chi connectivity index (χ3v) is 4.05. The van der Waals surface area contributed by atoms with Crippen LogP contribution in [0.5, 0.6) is 5.75 Å². The molecule has 0 bridgehead atoms. The minimum absolute atomic E-state index is 0.208. The third kappa shape index (κ3) is 3.26. The highest BCUT2D eigenvalue weighted by Crippen LogP contribution is 2.26. The summed E-state index contributed by atoms with van der Waals surface area (Å²) >= 11 is 0. The molecule has 0 radical (unpaired) electrons. The van der Waals surface area contributed by atoms with Crippen molar-refractivity contribution in [3.05, 3.63) is 29.8 Å². The molecule has 2 rings (SSSR count). The zero-order valence-electron chi connectivity index (χ0n) is 11.4. The third-order valence-electron chi connectivity index (χ3n) is 4.05. The molecule has 1 aliphatic rings. The Bertz CT molecular complexity index is 443. The van der Waals surface area contributed by atoms with E-state index in [1.54, 1.807) is 12.1 Å². The standard InChI is InChI=1S/C15H21NO3/c1-10-8-16(9-14(10)15(18)19)11(2)7-12-3-5-13(17)6-4-12/h3-6,10-11,14,17H,7-9H2,1-2H3,(H,18,19)/t10-,11?,14-/m1/s1. The smallest absolute Gasteiger partial charge is 0.308 e. The summed E-state index contributed by atoms with van der Waals surface area (Å²) in [6, 6.07) is 7.53. The van der Waals surface area contributed by atoms with E-state index < -0.39 is 5.97 Å². The van der Waals surface area contributed by atoms with Crippen molar-refractivity contribution in [2.24, 2.45) is 11.8 Å². The van der Waals surface area contributed by atoms with Crippen LogP contribution in [0.25, 0.3) is 0 Å². The van der Waals surface area contributed by atoms with Gasteiger partial charge in [-0.2, -0.15) is 0 Å². The van der Waals surface area contributed by atoms with E-state index in [9.17, 15) is 9.90 Å². The van der Waals surface area contributed by atoms with Crippen molar-refractivity contribution in [2.75, 3.05) is 13.1 Å². The average molecular weight is 263 g/mol. The Balaban J connectivity index is 1.96. The van der Waals surface area contributed by atoms with Gasteiger partial charge in [0.1, 0.15) is 5.75 Å². The number of phenols is 1. The Hall–Kier alpha value is -1.55. The summed E-state index contributed by atoms with van der Waals surface area (Å²) in [7, 11) is 0. The van der Waals surface area contributed by atoms with Crippen molar-refractivity contribution in [2.45, 2.75) is 26.3 Å². The summed E-state index contributed by atoms with van der Waals surface area (Å²) in [6.45, 7) is 5.61. The van der Waals surface area contributed by atoms with E-state index in [0.29, 0.717) is 12.6 Å². The molecule has 0 saturated carbocycles. The number of carboxylic acid groups (broad SMARTS) is 1. The number of rotatable bonds is 4. The fourth-order valence-corrected chi connectivity index (χ4v) is 2.79. The molecule has 1 heterocycles. The number of hydrogen-bond acceptors (Lipinski definition) is 3. The number of hydrogen-bond donors (Lipinski definition) is 2. The first-order valence-corrected chi connectivity index (χ1v) is 6.72. The van der Waals surface area contributed by atoms with E-state index in [4.69, 9.17) is 5.11 Å². The van der Waals surface area contributed by atoms with E-state index in [1.165, 1.54) is 0 Å². The number of aromatic hydroxyl groups is 1. The predicted molar refractivity (Wildman–Crippen MR) is 73.1 cm³/mol. The molecule has 1 unspecified atom stereocenters. The monoisotopic (exact) mass is 263 g/mol. The summed E-state index contributed by atoms with van der Waals surface area (Å²) in [4.78, 5) is 13.4. The predicted octanol–water partition coefficient (Wildman–Crippen LogP) is 1.98. The first-order valence-electron chi connectivity index (χ1n) is 6.72. The van der Waals surface area contributed by atoms with Crippen molar-refractivity contribution in [1.82, 2.24) is 4.90 Å². The Labute approximate surface area is 113 Å². The number of likely N-dealkylation sites (tertiary alicyclic amines) is 1. The summed E-state index contributed by atoms with van der Waals surface area (Å²) in [5.41, 5.74) is 1.16. The molecule has 1 aromatic rings. The fourth-order valence-electron chi connectivity index (χ4n) is 2.79. The Kier molecular flexibility index (Phi) is 4.10. The van der Waals surface area contributed by atoms with Gasteiger partial charge in [0.25, 0.3) is 0 Å². The van der Waals surface area contributed by atoms with Gasteiger partial charge in [-0.05, 0) is 37.0 Å². The van der Waals surface area contributed by atoms with Crippen LogP contribution in [0.15, 0.2) is 24.3 Å². The van der Waals surface area contributed by atoms with Crippen molar-refractivity contribution in [3.8, 4) is 5.75 Å². The summed E-state index contributed by atoms with van der Waals surface area (Å²) in [6.07, 6.45) is 0.874. The van der Waals surface area contributed by atoms with Gasteiger partial charge in [0.15, 0.2) is 0 Å². The molecule has 0 aliphatic carbocycles. The van der Waals surface area contributed by atoms with Crippen LogP contribution in [-0.4, -0.2) is 40.2 Å². The van der Waals surface area contributed by atoms with E-state index in [-0.39, 0.29) is 17.6 Å². The first kappa shape index (κ1) is 13.9. The molecular formula is C15H21NO3. The van der Waals surface area contributed by atoms with Gasteiger partial charge in [0.2, 0.25) is 0 Å². The molecule has 2 N–H and O–H groups in total. The van der Waals surface area contributed by atoms with Gasteiger partial charge in [-0.3, -0.25) is 9.69 Å². The van der Waals surface area contributed by atoms with Crippen LogP contribution in [0.1, 0.15) is 19.4 Å². The second-order valence-electron chi connectivity index (χ2n) is 5.60. The SMILES string of the molecule is CC(Cc1ccc(O)cc1)N1C[C@@H](C)[C@H](C(=O)O)C1. The maximum absolute atomic E-state index is 11.1. The van der Waals surface area contributed by atoms with Crippen LogP contribution in [-0.2, 0) is 11.2 Å². The molecule has 1 aromatic carbocycles. The number of nitrogens with zero attached hydrogens (tertiary/aromatic N) is 1. The van der Waals surface area contributed by atoms with Gasteiger partial charge in [-0.25, -0.2) is 0 Å². The van der Waals surface area contributed by atoms with E-state index in [2.05, 4.69) is 11.8 Å². The molecule has 0 aromatic heterocycles. The molecule has 1 fully saturated rings. The molecule has 4 nitrogen and oxygen atoms in total. The van der Waals surface area contributed by atoms with Crippen LogP contribution in [0.3, 0.4) is 0 Å². The van der Waals surface area contributed by atoms with Gasteiger partial charge >= 0.3 is 5.97 Å². The van der Waals surface area contributed by atoms with Crippen LogP contribution < -0.4 is 0 Å². The zero-order chi connectivity index (χ0) is 14.0. The number of phenolic OH excluding ortho intramolecular Hbond substituents is 1. The zero-order valence-corrected chi connectivity index (χ0v) is 11.4. The number of aliphatic carboxylic acids is 1. The van der Waals surface area contributed by atoms with Crippen LogP contribution in [0, 0.1) is 11.8 Å². The lowest BCUT2D eigenvalue weighted by atomic mass is 9.99. The largest absolute Gasteiger partial charge is 0.508 e. The molecule has 1 saturated heterocycles. The van der Waals surface area contributed by atoms with Crippen LogP contribution in [0.2, 0.25) is 0 Å². The number of benzene rings is 1. The van der Waals surface area contributed by atoms with Crippen molar-refractivity contribution in [1.29, 1.82) is 0 Å². The lowest BCUT2D eigenvalue weighted by Crippen LogP contribution is -2.33. The number of carboxylic acids is 1. The summed E-state index contributed by atoms with van der Waals surface area (Å²) in [5.74, 6) is -0.453. The molecular weight excluding hydrogens is 242 g/mol. The highest BCUT2D eigenvalue weighted by atomic mass is 16.4. The van der Waals surface area contributed by atoms with Gasteiger partial charge in [-0.1, -0.05) is 19.1 Å². The second kappa shape index (κ2) is 5.61. The van der Waals surface area contributed by atoms with Crippen molar-refractivity contribution >= 4 is 5.97 Å². The molecule has 104 valence electrons. The quantitative estimate of drug-likeness (QED) is 0.872. The normalized spacial score (nSPS) is 25.4. The fraction of sp³-hybridized carbons (Fsp3) is 0.533. The van der Waals surface area contributed by atoms with Crippen molar-refractivity contribution < 1.29 is 15.0 Å². The van der Waals surface area contributed by atoms with Gasteiger partial charge in [0, 0.05) is 19.1 Å².